The number of halogens is 1. The lowest BCUT2D eigenvalue weighted by atomic mass is 10.1. The molecule has 7 heteroatoms. The lowest BCUT2D eigenvalue weighted by molar-refractivity contribution is -0.384. The zero-order valence-corrected chi connectivity index (χ0v) is 12.8. The normalized spacial score (nSPS) is 23.1. The Morgan fingerprint density at radius 2 is 2.21 bits per heavy atom. The Morgan fingerprint density at radius 3 is 2.74 bits per heavy atom. The molecule has 1 saturated heterocycles. The Labute approximate surface area is 120 Å². The molecule has 0 bridgehead atoms. The molecule has 2 atom stereocenters. The number of hydrogen-bond donors (Lipinski definition) is 0. The number of pyridine rings is 1. The van der Waals surface area contributed by atoms with E-state index in [1.807, 2.05) is 19.0 Å². The average molecular weight is 329 g/mol. The van der Waals surface area contributed by atoms with Crippen molar-refractivity contribution in [2.24, 2.45) is 5.92 Å². The lowest BCUT2D eigenvalue weighted by Crippen LogP contribution is -2.34. The molecule has 6 nitrogen and oxygen atoms in total. The molecule has 19 heavy (non-hydrogen) atoms. The number of aromatic nitrogens is 1. The van der Waals surface area contributed by atoms with Crippen molar-refractivity contribution in [1.29, 1.82) is 0 Å². The largest absolute Gasteiger partial charge is 0.349 e. The second-order valence-corrected chi connectivity index (χ2v) is 6.08. The number of nitrogens with zero attached hydrogens (tertiary/aromatic N) is 4. The van der Waals surface area contributed by atoms with Crippen LogP contribution >= 0.6 is 15.9 Å². The molecule has 0 N–H and O–H groups in total. The first-order chi connectivity index (χ1) is 8.90. The Hall–Kier alpha value is -1.21. The van der Waals surface area contributed by atoms with E-state index in [1.54, 1.807) is 6.20 Å². The quantitative estimate of drug-likeness (QED) is 0.628. The molecule has 1 aromatic heterocycles. The van der Waals surface area contributed by atoms with Crippen molar-refractivity contribution in [1.82, 2.24) is 9.88 Å². The van der Waals surface area contributed by atoms with Gasteiger partial charge >= 0.3 is 5.69 Å². The Morgan fingerprint density at radius 1 is 1.53 bits per heavy atom. The third-order valence-electron chi connectivity index (χ3n) is 3.55. The van der Waals surface area contributed by atoms with Gasteiger partial charge in [0.15, 0.2) is 0 Å². The maximum Gasteiger partial charge on any atom is 0.312 e. The molecule has 0 amide bonds. The minimum absolute atomic E-state index is 0.0565. The van der Waals surface area contributed by atoms with Crippen LogP contribution in [0.25, 0.3) is 0 Å². The predicted octanol–water partition coefficient (Wildman–Crippen LogP) is 2.14. The monoisotopic (exact) mass is 328 g/mol. The molecule has 1 fully saturated rings. The van der Waals surface area contributed by atoms with Crippen LogP contribution < -0.4 is 4.90 Å². The van der Waals surface area contributed by atoms with Crippen LogP contribution in [0.4, 0.5) is 11.5 Å². The fraction of sp³-hybridized carbons (Fsp3) is 0.583. The van der Waals surface area contributed by atoms with E-state index < -0.39 is 0 Å². The Balaban J connectivity index is 2.31. The maximum absolute atomic E-state index is 11.1. The highest BCUT2D eigenvalue weighted by molar-refractivity contribution is 9.10. The van der Waals surface area contributed by atoms with Crippen molar-refractivity contribution < 1.29 is 4.92 Å². The molecule has 104 valence electrons. The summed E-state index contributed by atoms with van der Waals surface area (Å²) in [7, 11) is 4.07. The van der Waals surface area contributed by atoms with E-state index >= 15 is 0 Å². The topological polar surface area (TPSA) is 62.5 Å². The van der Waals surface area contributed by atoms with Gasteiger partial charge in [0.1, 0.15) is 0 Å². The fourth-order valence-electron chi connectivity index (χ4n) is 2.59. The van der Waals surface area contributed by atoms with E-state index in [2.05, 4.69) is 32.7 Å². The highest BCUT2D eigenvalue weighted by Crippen LogP contribution is 2.32. The summed E-state index contributed by atoms with van der Waals surface area (Å²) in [4.78, 5) is 19.2. The maximum atomic E-state index is 11.1. The highest BCUT2D eigenvalue weighted by Gasteiger charge is 2.34. The summed E-state index contributed by atoms with van der Waals surface area (Å²) < 4.78 is 0.624. The van der Waals surface area contributed by atoms with Crippen LogP contribution in [0.5, 0.6) is 0 Å². The average Bonchev–Trinajstić information content (AvgIpc) is 2.71. The van der Waals surface area contributed by atoms with Crippen molar-refractivity contribution in [2.45, 2.75) is 13.0 Å². The SMILES string of the molecule is CC1CN(c2ncc(Br)cc2[N+](=O)[O-])CC1N(C)C. The van der Waals surface area contributed by atoms with Crippen molar-refractivity contribution >= 4 is 27.4 Å². The first-order valence-corrected chi connectivity index (χ1v) is 6.90. The van der Waals surface area contributed by atoms with E-state index in [0.717, 1.165) is 13.1 Å². The summed E-state index contributed by atoms with van der Waals surface area (Å²) in [5.41, 5.74) is 0.0565. The molecule has 0 saturated carbocycles. The summed E-state index contributed by atoms with van der Waals surface area (Å²) in [6.07, 6.45) is 1.61. The molecule has 2 unspecified atom stereocenters. The molecule has 0 spiro atoms. The van der Waals surface area contributed by atoms with Gasteiger partial charge in [-0.05, 0) is 35.9 Å². The third kappa shape index (κ3) is 2.87. The second-order valence-electron chi connectivity index (χ2n) is 5.17. The standard InChI is InChI=1S/C12H17BrN4O2/c1-8-6-16(7-11(8)15(2)3)12-10(17(18)19)4-9(13)5-14-12/h4-5,8,11H,6-7H2,1-3H3. The smallest absolute Gasteiger partial charge is 0.312 e. The minimum Gasteiger partial charge on any atom is -0.349 e. The van der Waals surface area contributed by atoms with Gasteiger partial charge in [0, 0.05) is 35.9 Å². The van der Waals surface area contributed by atoms with Gasteiger partial charge in [-0.2, -0.15) is 0 Å². The summed E-state index contributed by atoms with van der Waals surface area (Å²) in [6, 6.07) is 1.90. The van der Waals surface area contributed by atoms with E-state index in [4.69, 9.17) is 0 Å². The molecule has 0 aromatic carbocycles. The van der Waals surface area contributed by atoms with Gasteiger partial charge in [0.05, 0.1) is 4.92 Å². The van der Waals surface area contributed by atoms with Gasteiger partial charge in [-0.3, -0.25) is 10.1 Å². The molecule has 0 aliphatic carbocycles. The minimum atomic E-state index is -0.374. The van der Waals surface area contributed by atoms with Gasteiger partial charge in [0.2, 0.25) is 5.82 Å². The van der Waals surface area contributed by atoms with Crippen molar-refractivity contribution in [3.63, 3.8) is 0 Å². The van der Waals surface area contributed by atoms with Crippen LogP contribution in [0.2, 0.25) is 0 Å². The number of nitro groups is 1. The Bertz CT molecular complexity index is 495. The number of rotatable bonds is 3. The number of hydrogen-bond acceptors (Lipinski definition) is 5. The highest BCUT2D eigenvalue weighted by atomic mass is 79.9. The molecule has 2 heterocycles. The zero-order valence-electron chi connectivity index (χ0n) is 11.2. The first-order valence-electron chi connectivity index (χ1n) is 6.11. The molecule has 2 rings (SSSR count). The molecule has 1 aromatic rings. The van der Waals surface area contributed by atoms with Crippen molar-refractivity contribution in [3.05, 3.63) is 26.9 Å². The van der Waals surface area contributed by atoms with E-state index in [9.17, 15) is 10.1 Å². The van der Waals surface area contributed by atoms with Crippen LogP contribution in [0.1, 0.15) is 6.92 Å². The van der Waals surface area contributed by atoms with Gasteiger partial charge in [0.25, 0.3) is 0 Å². The molecule has 0 radical (unpaired) electrons. The molecular weight excluding hydrogens is 312 g/mol. The molecule has 1 aliphatic heterocycles. The number of likely N-dealkylation sites (N-methyl/N-ethyl adjacent to an activating group) is 1. The lowest BCUT2D eigenvalue weighted by Gasteiger charge is -2.22. The van der Waals surface area contributed by atoms with Crippen LogP contribution in [0.15, 0.2) is 16.7 Å². The van der Waals surface area contributed by atoms with Crippen LogP contribution in [0.3, 0.4) is 0 Å². The van der Waals surface area contributed by atoms with E-state index in [0.29, 0.717) is 22.3 Å². The summed E-state index contributed by atoms with van der Waals surface area (Å²) in [6.45, 7) is 3.72. The van der Waals surface area contributed by atoms with E-state index in [-0.39, 0.29) is 10.6 Å². The van der Waals surface area contributed by atoms with Crippen LogP contribution in [-0.2, 0) is 0 Å². The first kappa shape index (κ1) is 14.2. The summed E-state index contributed by atoms with van der Waals surface area (Å²) >= 11 is 3.23. The van der Waals surface area contributed by atoms with Crippen LogP contribution in [-0.4, -0.2) is 48.0 Å². The van der Waals surface area contributed by atoms with Crippen LogP contribution in [0, 0.1) is 16.0 Å². The van der Waals surface area contributed by atoms with Crippen molar-refractivity contribution in [3.8, 4) is 0 Å². The van der Waals surface area contributed by atoms with Crippen molar-refractivity contribution in [2.75, 3.05) is 32.1 Å². The van der Waals surface area contributed by atoms with Gasteiger partial charge in [-0.15, -0.1) is 0 Å². The van der Waals surface area contributed by atoms with Gasteiger partial charge < -0.3 is 9.80 Å². The Kier molecular flexibility index (Phi) is 4.05. The zero-order chi connectivity index (χ0) is 14.2. The number of anilines is 1. The predicted molar refractivity (Wildman–Crippen MR) is 77.4 cm³/mol. The summed E-state index contributed by atoms with van der Waals surface area (Å²) in [5, 5.41) is 11.1. The second kappa shape index (κ2) is 5.42. The fourth-order valence-corrected chi connectivity index (χ4v) is 2.91. The summed E-state index contributed by atoms with van der Waals surface area (Å²) in [5.74, 6) is 0.921. The molecular formula is C12H17BrN4O2. The van der Waals surface area contributed by atoms with Gasteiger partial charge in [-0.25, -0.2) is 4.98 Å². The van der Waals surface area contributed by atoms with E-state index in [1.165, 1.54) is 6.07 Å². The van der Waals surface area contributed by atoms with Gasteiger partial charge in [-0.1, -0.05) is 6.92 Å². The molecule has 1 aliphatic rings. The third-order valence-corrected chi connectivity index (χ3v) is 3.98.